The Kier molecular flexibility index (Phi) is 2.55. The van der Waals surface area contributed by atoms with E-state index < -0.39 is 5.60 Å². The molecule has 0 amide bonds. The summed E-state index contributed by atoms with van der Waals surface area (Å²) in [5, 5.41) is 18.8. The lowest BCUT2D eigenvalue weighted by atomic mass is 9.99. The molecule has 1 aliphatic carbocycles. The van der Waals surface area contributed by atoms with Gasteiger partial charge in [-0.1, -0.05) is 0 Å². The summed E-state index contributed by atoms with van der Waals surface area (Å²) < 4.78 is 0. The van der Waals surface area contributed by atoms with Crippen molar-refractivity contribution in [3.05, 3.63) is 0 Å². The van der Waals surface area contributed by atoms with Crippen LogP contribution in [0, 0.1) is 5.92 Å². The lowest BCUT2D eigenvalue weighted by molar-refractivity contribution is 0.0441. The first-order valence-electron chi connectivity index (χ1n) is 4.39. The molecule has 0 spiro atoms. The van der Waals surface area contributed by atoms with Gasteiger partial charge in [-0.15, -0.1) is 0 Å². The number of hydrogen-bond donors (Lipinski definition) is 2. The molecule has 2 nitrogen and oxygen atoms in total. The maximum absolute atomic E-state index is 9.44. The first-order chi connectivity index (χ1) is 4.99. The molecule has 0 saturated heterocycles. The van der Waals surface area contributed by atoms with E-state index in [0.717, 1.165) is 6.42 Å². The molecular weight excluding hydrogens is 140 g/mol. The molecule has 0 aromatic rings. The van der Waals surface area contributed by atoms with E-state index in [0.29, 0.717) is 12.3 Å². The Balaban J connectivity index is 2.10. The van der Waals surface area contributed by atoms with E-state index in [9.17, 15) is 10.2 Å². The first kappa shape index (κ1) is 9.01. The van der Waals surface area contributed by atoms with Gasteiger partial charge in [-0.25, -0.2) is 0 Å². The van der Waals surface area contributed by atoms with Crippen molar-refractivity contribution >= 4 is 0 Å². The molecule has 66 valence electrons. The predicted octanol–water partition coefficient (Wildman–Crippen LogP) is 1.31. The summed E-state index contributed by atoms with van der Waals surface area (Å²) in [6.07, 6.45) is 3.63. The van der Waals surface area contributed by atoms with Crippen molar-refractivity contribution in [3.63, 3.8) is 0 Å². The lowest BCUT2D eigenvalue weighted by Gasteiger charge is -2.18. The van der Waals surface area contributed by atoms with Crippen molar-refractivity contribution in [2.75, 3.05) is 0 Å². The van der Waals surface area contributed by atoms with E-state index in [2.05, 4.69) is 0 Å². The van der Waals surface area contributed by atoms with Crippen LogP contribution in [0.25, 0.3) is 0 Å². The summed E-state index contributed by atoms with van der Waals surface area (Å²) in [7, 11) is 0. The Morgan fingerprint density at radius 1 is 1.45 bits per heavy atom. The monoisotopic (exact) mass is 158 g/mol. The Morgan fingerprint density at radius 2 is 2.00 bits per heavy atom. The van der Waals surface area contributed by atoms with Crippen molar-refractivity contribution in [2.45, 2.75) is 51.2 Å². The topological polar surface area (TPSA) is 40.5 Å². The summed E-state index contributed by atoms with van der Waals surface area (Å²) in [5.74, 6) is 0.539. The highest BCUT2D eigenvalue weighted by Gasteiger charge is 2.30. The molecule has 1 rings (SSSR count). The largest absolute Gasteiger partial charge is 0.393 e. The molecule has 1 atom stereocenters. The van der Waals surface area contributed by atoms with E-state index in [1.165, 1.54) is 12.8 Å². The van der Waals surface area contributed by atoms with Gasteiger partial charge in [-0.3, -0.25) is 0 Å². The second kappa shape index (κ2) is 3.11. The van der Waals surface area contributed by atoms with Crippen LogP contribution in [0.1, 0.15) is 39.5 Å². The van der Waals surface area contributed by atoms with E-state index in [4.69, 9.17) is 0 Å². The third kappa shape index (κ3) is 3.73. The molecule has 2 N–H and O–H groups in total. The minimum absolute atomic E-state index is 0.165. The van der Waals surface area contributed by atoms with Crippen molar-refractivity contribution < 1.29 is 10.2 Å². The SMILES string of the molecule is CC(C)(O)CCC(O)C1CC1. The summed E-state index contributed by atoms with van der Waals surface area (Å²) >= 11 is 0. The maximum Gasteiger partial charge on any atom is 0.0592 e. The van der Waals surface area contributed by atoms with Crippen molar-refractivity contribution in [3.8, 4) is 0 Å². The minimum atomic E-state index is -0.615. The Bertz CT molecular complexity index is 122. The molecule has 1 fully saturated rings. The standard InChI is InChI=1S/C9H18O2/c1-9(2,11)6-5-8(10)7-3-4-7/h7-8,10-11H,3-6H2,1-2H3. The second-order valence-electron chi connectivity index (χ2n) is 4.26. The molecule has 0 radical (unpaired) electrons. The first-order valence-corrected chi connectivity index (χ1v) is 4.39. The molecular formula is C9H18O2. The van der Waals surface area contributed by atoms with E-state index in [-0.39, 0.29) is 6.10 Å². The Hall–Kier alpha value is -0.0800. The molecule has 0 aromatic heterocycles. The van der Waals surface area contributed by atoms with Gasteiger partial charge < -0.3 is 10.2 Å². The highest BCUT2D eigenvalue weighted by Crippen LogP contribution is 2.35. The molecule has 0 aliphatic heterocycles. The molecule has 0 aromatic carbocycles. The smallest absolute Gasteiger partial charge is 0.0592 e. The van der Waals surface area contributed by atoms with Gasteiger partial charge in [-0.05, 0) is 45.4 Å². The zero-order valence-corrected chi connectivity index (χ0v) is 7.38. The third-order valence-corrected chi connectivity index (χ3v) is 2.22. The van der Waals surface area contributed by atoms with E-state index in [1.807, 2.05) is 0 Å². The summed E-state index contributed by atoms with van der Waals surface area (Å²) in [6.45, 7) is 3.57. The highest BCUT2D eigenvalue weighted by atomic mass is 16.3. The molecule has 0 bridgehead atoms. The van der Waals surface area contributed by atoms with Gasteiger partial charge in [0.15, 0.2) is 0 Å². The highest BCUT2D eigenvalue weighted by molar-refractivity contribution is 4.82. The number of hydrogen-bond acceptors (Lipinski definition) is 2. The number of rotatable bonds is 4. The fourth-order valence-electron chi connectivity index (χ4n) is 1.22. The third-order valence-electron chi connectivity index (χ3n) is 2.22. The average molecular weight is 158 g/mol. The van der Waals surface area contributed by atoms with Crippen LogP contribution in [0.2, 0.25) is 0 Å². The fourth-order valence-corrected chi connectivity index (χ4v) is 1.22. The van der Waals surface area contributed by atoms with Crippen LogP contribution in [-0.2, 0) is 0 Å². The fraction of sp³-hybridized carbons (Fsp3) is 1.00. The number of aliphatic hydroxyl groups excluding tert-OH is 1. The van der Waals surface area contributed by atoms with Crippen molar-refractivity contribution in [1.29, 1.82) is 0 Å². The van der Waals surface area contributed by atoms with Gasteiger partial charge in [0, 0.05) is 0 Å². The van der Waals surface area contributed by atoms with Crippen LogP contribution in [0.5, 0.6) is 0 Å². The zero-order chi connectivity index (χ0) is 8.48. The van der Waals surface area contributed by atoms with Crippen LogP contribution < -0.4 is 0 Å². The molecule has 1 aliphatic rings. The zero-order valence-electron chi connectivity index (χ0n) is 7.38. The van der Waals surface area contributed by atoms with Crippen LogP contribution >= 0.6 is 0 Å². The predicted molar refractivity (Wildman–Crippen MR) is 44.3 cm³/mol. The normalized spacial score (nSPS) is 21.8. The van der Waals surface area contributed by atoms with Gasteiger partial charge in [0.05, 0.1) is 11.7 Å². The van der Waals surface area contributed by atoms with Crippen molar-refractivity contribution in [2.24, 2.45) is 5.92 Å². The molecule has 11 heavy (non-hydrogen) atoms. The van der Waals surface area contributed by atoms with Gasteiger partial charge in [0.1, 0.15) is 0 Å². The maximum atomic E-state index is 9.44. The molecule has 0 heterocycles. The van der Waals surface area contributed by atoms with Crippen molar-refractivity contribution in [1.82, 2.24) is 0 Å². The second-order valence-corrected chi connectivity index (χ2v) is 4.26. The van der Waals surface area contributed by atoms with Crippen LogP contribution in [0.15, 0.2) is 0 Å². The van der Waals surface area contributed by atoms with Gasteiger partial charge in [0.25, 0.3) is 0 Å². The average Bonchev–Trinajstić information content (AvgIpc) is 2.61. The van der Waals surface area contributed by atoms with Crippen LogP contribution in [-0.4, -0.2) is 21.9 Å². The Morgan fingerprint density at radius 3 is 2.36 bits per heavy atom. The Labute approximate surface area is 68.2 Å². The van der Waals surface area contributed by atoms with Crippen LogP contribution in [0.4, 0.5) is 0 Å². The molecule has 2 heteroatoms. The lowest BCUT2D eigenvalue weighted by Crippen LogP contribution is -2.22. The van der Waals surface area contributed by atoms with Gasteiger partial charge in [-0.2, -0.15) is 0 Å². The molecule has 1 saturated carbocycles. The van der Waals surface area contributed by atoms with Gasteiger partial charge in [0.2, 0.25) is 0 Å². The number of aliphatic hydroxyl groups is 2. The summed E-state index contributed by atoms with van der Waals surface area (Å²) in [6, 6.07) is 0. The summed E-state index contributed by atoms with van der Waals surface area (Å²) in [4.78, 5) is 0. The van der Waals surface area contributed by atoms with Crippen LogP contribution in [0.3, 0.4) is 0 Å². The minimum Gasteiger partial charge on any atom is -0.393 e. The molecule has 1 unspecified atom stereocenters. The summed E-state index contributed by atoms with van der Waals surface area (Å²) in [5.41, 5.74) is -0.615. The van der Waals surface area contributed by atoms with E-state index >= 15 is 0 Å². The quantitative estimate of drug-likeness (QED) is 0.647. The van der Waals surface area contributed by atoms with Gasteiger partial charge >= 0.3 is 0 Å². The van der Waals surface area contributed by atoms with E-state index in [1.54, 1.807) is 13.8 Å².